The SMILES string of the molecule is Br.Cl.c1ccc2cnccc2c1. The van der Waals surface area contributed by atoms with Crippen molar-refractivity contribution in [3.8, 4) is 0 Å². The average Bonchev–Trinajstić information content (AvgIpc) is 2.05. The second-order valence-corrected chi connectivity index (χ2v) is 2.22. The van der Waals surface area contributed by atoms with Gasteiger partial charge in [0.15, 0.2) is 0 Å². The molecular formula is C9H9BrClN. The van der Waals surface area contributed by atoms with Gasteiger partial charge in [0.05, 0.1) is 0 Å². The summed E-state index contributed by atoms with van der Waals surface area (Å²) in [7, 11) is 0. The highest BCUT2D eigenvalue weighted by molar-refractivity contribution is 8.93. The van der Waals surface area contributed by atoms with Crippen molar-refractivity contribution in [1.82, 2.24) is 4.98 Å². The molecule has 0 aliphatic rings. The van der Waals surface area contributed by atoms with Crippen LogP contribution in [-0.2, 0) is 0 Å². The van der Waals surface area contributed by atoms with E-state index in [1.807, 2.05) is 30.6 Å². The van der Waals surface area contributed by atoms with Gasteiger partial charge in [-0.05, 0) is 16.8 Å². The molecule has 1 aromatic heterocycles. The Balaban J connectivity index is 0.000000605. The molecule has 0 fully saturated rings. The van der Waals surface area contributed by atoms with Crippen LogP contribution in [0.4, 0.5) is 0 Å². The van der Waals surface area contributed by atoms with Crippen molar-refractivity contribution in [1.29, 1.82) is 0 Å². The van der Waals surface area contributed by atoms with Crippen LogP contribution in [0.25, 0.3) is 10.8 Å². The Bertz CT molecular complexity index is 286. The van der Waals surface area contributed by atoms with Crippen molar-refractivity contribution in [2.75, 3.05) is 0 Å². The fraction of sp³-hybridized carbons (Fsp3) is 0. The van der Waals surface area contributed by atoms with E-state index in [1.165, 1.54) is 10.8 Å². The van der Waals surface area contributed by atoms with Gasteiger partial charge < -0.3 is 0 Å². The van der Waals surface area contributed by atoms with E-state index in [1.54, 1.807) is 0 Å². The Morgan fingerprint density at radius 1 is 0.917 bits per heavy atom. The number of hydrogen-bond acceptors (Lipinski definition) is 1. The minimum Gasteiger partial charge on any atom is -0.264 e. The predicted octanol–water partition coefficient (Wildman–Crippen LogP) is 3.23. The van der Waals surface area contributed by atoms with Crippen molar-refractivity contribution >= 4 is 40.2 Å². The lowest BCUT2D eigenvalue weighted by molar-refractivity contribution is 1.36. The molecule has 0 atom stereocenters. The summed E-state index contributed by atoms with van der Waals surface area (Å²) in [5, 5.41) is 2.45. The topological polar surface area (TPSA) is 12.9 Å². The molecule has 0 spiro atoms. The minimum absolute atomic E-state index is 0. The minimum atomic E-state index is 0. The van der Waals surface area contributed by atoms with E-state index in [0.29, 0.717) is 0 Å². The molecule has 2 rings (SSSR count). The monoisotopic (exact) mass is 245 g/mol. The fourth-order valence-electron chi connectivity index (χ4n) is 1.03. The molecule has 0 N–H and O–H groups in total. The zero-order valence-corrected chi connectivity index (χ0v) is 8.83. The van der Waals surface area contributed by atoms with Crippen molar-refractivity contribution < 1.29 is 0 Å². The van der Waals surface area contributed by atoms with E-state index >= 15 is 0 Å². The maximum Gasteiger partial charge on any atom is 0.0346 e. The number of rotatable bonds is 0. The number of aromatic nitrogens is 1. The summed E-state index contributed by atoms with van der Waals surface area (Å²) in [5.41, 5.74) is 0. The molecule has 0 amide bonds. The molecule has 0 radical (unpaired) electrons. The van der Waals surface area contributed by atoms with Gasteiger partial charge in [-0.1, -0.05) is 24.3 Å². The van der Waals surface area contributed by atoms with Gasteiger partial charge in [-0.25, -0.2) is 0 Å². The van der Waals surface area contributed by atoms with E-state index < -0.39 is 0 Å². The van der Waals surface area contributed by atoms with E-state index in [2.05, 4.69) is 17.1 Å². The third-order valence-corrected chi connectivity index (χ3v) is 1.55. The first-order valence-corrected chi connectivity index (χ1v) is 3.25. The van der Waals surface area contributed by atoms with Crippen molar-refractivity contribution in [3.63, 3.8) is 0 Å². The van der Waals surface area contributed by atoms with E-state index in [9.17, 15) is 0 Å². The Labute approximate surface area is 88.0 Å². The number of halogens is 2. The van der Waals surface area contributed by atoms with Crippen LogP contribution in [0.3, 0.4) is 0 Å². The van der Waals surface area contributed by atoms with Crippen LogP contribution in [0.2, 0.25) is 0 Å². The van der Waals surface area contributed by atoms with E-state index in [4.69, 9.17) is 0 Å². The van der Waals surface area contributed by atoms with Crippen LogP contribution in [0, 0.1) is 0 Å². The van der Waals surface area contributed by atoms with Gasteiger partial charge in [0.1, 0.15) is 0 Å². The van der Waals surface area contributed by atoms with Crippen LogP contribution in [-0.4, -0.2) is 4.98 Å². The van der Waals surface area contributed by atoms with Crippen LogP contribution in [0.5, 0.6) is 0 Å². The zero-order chi connectivity index (χ0) is 6.81. The summed E-state index contributed by atoms with van der Waals surface area (Å²) >= 11 is 0. The van der Waals surface area contributed by atoms with Gasteiger partial charge in [-0.3, -0.25) is 4.98 Å². The molecule has 1 aromatic carbocycles. The van der Waals surface area contributed by atoms with Gasteiger partial charge in [0.2, 0.25) is 0 Å². The first kappa shape index (κ1) is 11.4. The summed E-state index contributed by atoms with van der Waals surface area (Å²) in [6.45, 7) is 0. The number of benzene rings is 1. The predicted molar refractivity (Wildman–Crippen MR) is 59.3 cm³/mol. The zero-order valence-electron chi connectivity index (χ0n) is 6.31. The lowest BCUT2D eigenvalue weighted by atomic mass is 10.2. The van der Waals surface area contributed by atoms with Gasteiger partial charge in [-0.15, -0.1) is 29.4 Å². The van der Waals surface area contributed by atoms with E-state index in [-0.39, 0.29) is 29.4 Å². The smallest absolute Gasteiger partial charge is 0.0346 e. The number of pyridine rings is 1. The Kier molecular flexibility index (Phi) is 4.86. The molecule has 0 aliphatic carbocycles. The molecule has 0 unspecified atom stereocenters. The van der Waals surface area contributed by atoms with Gasteiger partial charge in [0.25, 0.3) is 0 Å². The average molecular weight is 247 g/mol. The molecule has 1 nitrogen and oxygen atoms in total. The number of nitrogens with zero attached hydrogens (tertiary/aromatic N) is 1. The van der Waals surface area contributed by atoms with E-state index in [0.717, 1.165) is 0 Å². The second kappa shape index (κ2) is 5.12. The maximum atomic E-state index is 4.01. The largest absolute Gasteiger partial charge is 0.264 e. The maximum absolute atomic E-state index is 4.01. The summed E-state index contributed by atoms with van der Waals surface area (Å²) < 4.78 is 0. The van der Waals surface area contributed by atoms with Crippen LogP contribution >= 0.6 is 29.4 Å². The third-order valence-electron chi connectivity index (χ3n) is 1.55. The van der Waals surface area contributed by atoms with Crippen LogP contribution < -0.4 is 0 Å². The van der Waals surface area contributed by atoms with Crippen LogP contribution in [0.15, 0.2) is 42.7 Å². The summed E-state index contributed by atoms with van der Waals surface area (Å²) in [4.78, 5) is 4.01. The third kappa shape index (κ3) is 2.19. The molecule has 0 saturated carbocycles. The lowest BCUT2D eigenvalue weighted by Gasteiger charge is -1.91. The highest BCUT2D eigenvalue weighted by atomic mass is 79.9. The Morgan fingerprint density at radius 2 is 1.58 bits per heavy atom. The molecule has 0 aliphatic heterocycles. The normalized spacial score (nSPS) is 8.33. The quantitative estimate of drug-likeness (QED) is 0.695. The van der Waals surface area contributed by atoms with Crippen molar-refractivity contribution in [2.24, 2.45) is 0 Å². The first-order valence-electron chi connectivity index (χ1n) is 3.25. The molecule has 12 heavy (non-hydrogen) atoms. The molecule has 2 aromatic rings. The van der Waals surface area contributed by atoms with Crippen molar-refractivity contribution in [2.45, 2.75) is 0 Å². The molecular weight excluding hydrogens is 237 g/mol. The highest BCUT2D eigenvalue weighted by Gasteiger charge is 1.86. The lowest BCUT2D eigenvalue weighted by Crippen LogP contribution is -1.71. The molecule has 0 saturated heterocycles. The second-order valence-electron chi connectivity index (χ2n) is 2.22. The number of hydrogen-bond donors (Lipinski definition) is 0. The highest BCUT2D eigenvalue weighted by Crippen LogP contribution is 2.09. The molecule has 0 bridgehead atoms. The van der Waals surface area contributed by atoms with Crippen molar-refractivity contribution in [3.05, 3.63) is 42.7 Å². The standard InChI is InChI=1S/C9H7N.BrH.ClH/c1-2-4-9-7-10-6-5-8(9)3-1;;/h1-7H;2*1H. The fourth-order valence-corrected chi connectivity index (χ4v) is 1.03. The molecule has 64 valence electrons. The molecule has 3 heteroatoms. The number of fused-ring (bicyclic) bond motifs is 1. The van der Waals surface area contributed by atoms with Crippen LogP contribution in [0.1, 0.15) is 0 Å². The first-order chi connectivity index (χ1) is 4.97. The Hall–Kier alpha value is -0.600. The summed E-state index contributed by atoms with van der Waals surface area (Å²) in [6, 6.07) is 10.2. The summed E-state index contributed by atoms with van der Waals surface area (Å²) in [5.74, 6) is 0. The van der Waals surface area contributed by atoms with Gasteiger partial charge in [-0.2, -0.15) is 0 Å². The van der Waals surface area contributed by atoms with Gasteiger partial charge >= 0.3 is 0 Å². The summed E-state index contributed by atoms with van der Waals surface area (Å²) in [6.07, 6.45) is 3.68. The van der Waals surface area contributed by atoms with Gasteiger partial charge in [0, 0.05) is 12.4 Å². The molecule has 1 heterocycles. The Morgan fingerprint density at radius 3 is 2.25 bits per heavy atom.